The van der Waals surface area contributed by atoms with Crippen LogP contribution < -0.4 is 10.5 Å². The first-order valence-electron chi connectivity index (χ1n) is 7.78. The van der Waals surface area contributed by atoms with Crippen molar-refractivity contribution >= 4 is 0 Å². The lowest BCUT2D eigenvalue weighted by molar-refractivity contribution is 0.141. The summed E-state index contributed by atoms with van der Waals surface area (Å²) in [5.41, 5.74) is 8.56. The van der Waals surface area contributed by atoms with Crippen LogP contribution in [0.4, 0.5) is 0 Å². The van der Waals surface area contributed by atoms with Gasteiger partial charge in [-0.15, -0.1) is 0 Å². The predicted octanol–water partition coefficient (Wildman–Crippen LogP) is 3.13. The standard InChI is InChI=1S/C17H28N2O/c1-4-19(12-14-6-5-7-14)16(11-18)15-8-9-17(20-3)13(2)10-15/h8-10,14,16H,4-7,11-12,18H2,1-3H3. The molecule has 0 bridgehead atoms. The molecule has 2 N–H and O–H groups in total. The summed E-state index contributed by atoms with van der Waals surface area (Å²) in [5.74, 6) is 1.83. The Morgan fingerprint density at radius 3 is 2.60 bits per heavy atom. The third-order valence-electron chi connectivity index (χ3n) is 4.59. The van der Waals surface area contributed by atoms with Gasteiger partial charge in [-0.25, -0.2) is 0 Å². The lowest BCUT2D eigenvalue weighted by Gasteiger charge is -2.36. The number of aryl methyl sites for hydroxylation is 1. The van der Waals surface area contributed by atoms with Gasteiger partial charge in [0.1, 0.15) is 5.75 Å². The van der Waals surface area contributed by atoms with Crippen molar-refractivity contribution < 1.29 is 4.74 Å². The fourth-order valence-electron chi connectivity index (χ4n) is 3.09. The van der Waals surface area contributed by atoms with E-state index in [1.54, 1.807) is 7.11 Å². The predicted molar refractivity (Wildman–Crippen MR) is 84.1 cm³/mol. The van der Waals surface area contributed by atoms with Crippen LogP contribution in [0, 0.1) is 12.8 Å². The maximum absolute atomic E-state index is 6.06. The first kappa shape index (κ1) is 15.3. The van der Waals surface area contributed by atoms with Gasteiger partial charge in [0.25, 0.3) is 0 Å². The SMILES string of the molecule is CCN(CC1CCC1)C(CN)c1ccc(OC)c(C)c1. The Balaban J connectivity index is 2.14. The van der Waals surface area contributed by atoms with Crippen molar-refractivity contribution in [3.05, 3.63) is 29.3 Å². The maximum Gasteiger partial charge on any atom is 0.121 e. The Hall–Kier alpha value is -1.06. The molecule has 112 valence electrons. The van der Waals surface area contributed by atoms with E-state index in [2.05, 4.69) is 36.9 Å². The van der Waals surface area contributed by atoms with E-state index in [4.69, 9.17) is 10.5 Å². The number of benzene rings is 1. The zero-order valence-corrected chi connectivity index (χ0v) is 13.1. The second-order valence-electron chi connectivity index (χ2n) is 5.87. The molecule has 1 atom stereocenters. The van der Waals surface area contributed by atoms with Crippen LogP contribution in [-0.2, 0) is 0 Å². The second kappa shape index (κ2) is 7.09. The molecule has 3 nitrogen and oxygen atoms in total. The monoisotopic (exact) mass is 276 g/mol. The molecule has 0 saturated heterocycles. The minimum atomic E-state index is 0.324. The molecular weight excluding hydrogens is 248 g/mol. The zero-order chi connectivity index (χ0) is 14.5. The van der Waals surface area contributed by atoms with Crippen LogP contribution in [0.25, 0.3) is 0 Å². The molecule has 0 amide bonds. The van der Waals surface area contributed by atoms with Gasteiger partial charge in [0.2, 0.25) is 0 Å². The van der Waals surface area contributed by atoms with E-state index < -0.39 is 0 Å². The molecule has 20 heavy (non-hydrogen) atoms. The first-order chi connectivity index (χ1) is 9.69. The van der Waals surface area contributed by atoms with Gasteiger partial charge in [-0.1, -0.05) is 25.5 Å². The topological polar surface area (TPSA) is 38.5 Å². The van der Waals surface area contributed by atoms with Crippen molar-refractivity contribution in [2.45, 2.75) is 39.2 Å². The number of nitrogens with zero attached hydrogens (tertiary/aromatic N) is 1. The molecule has 1 aromatic carbocycles. The maximum atomic E-state index is 6.06. The van der Waals surface area contributed by atoms with Crippen molar-refractivity contribution in [2.75, 3.05) is 26.7 Å². The van der Waals surface area contributed by atoms with E-state index in [1.807, 2.05) is 0 Å². The number of rotatable bonds is 7. The average Bonchev–Trinajstić information content (AvgIpc) is 2.41. The Morgan fingerprint density at radius 2 is 2.15 bits per heavy atom. The van der Waals surface area contributed by atoms with Crippen LogP contribution in [0.3, 0.4) is 0 Å². The third kappa shape index (κ3) is 3.33. The normalized spacial score (nSPS) is 17.1. The van der Waals surface area contributed by atoms with E-state index in [0.717, 1.165) is 18.2 Å². The fraction of sp³-hybridized carbons (Fsp3) is 0.647. The molecule has 1 aliphatic rings. The van der Waals surface area contributed by atoms with Gasteiger partial charge in [0.15, 0.2) is 0 Å². The van der Waals surface area contributed by atoms with E-state index >= 15 is 0 Å². The summed E-state index contributed by atoms with van der Waals surface area (Å²) in [6.45, 7) is 7.25. The van der Waals surface area contributed by atoms with Gasteiger partial charge in [-0.05, 0) is 49.4 Å². The highest BCUT2D eigenvalue weighted by molar-refractivity contribution is 5.37. The van der Waals surface area contributed by atoms with Crippen LogP contribution >= 0.6 is 0 Å². The van der Waals surface area contributed by atoms with Crippen molar-refractivity contribution in [1.29, 1.82) is 0 Å². The van der Waals surface area contributed by atoms with Crippen molar-refractivity contribution in [3.63, 3.8) is 0 Å². The van der Waals surface area contributed by atoms with Crippen LogP contribution in [-0.4, -0.2) is 31.6 Å². The second-order valence-corrected chi connectivity index (χ2v) is 5.87. The van der Waals surface area contributed by atoms with Crippen molar-refractivity contribution in [2.24, 2.45) is 11.7 Å². The smallest absolute Gasteiger partial charge is 0.121 e. The molecule has 0 heterocycles. The van der Waals surface area contributed by atoms with Gasteiger partial charge in [-0.2, -0.15) is 0 Å². The average molecular weight is 276 g/mol. The molecule has 1 aliphatic carbocycles. The van der Waals surface area contributed by atoms with Crippen LogP contribution in [0.5, 0.6) is 5.75 Å². The number of hydrogen-bond donors (Lipinski definition) is 1. The largest absolute Gasteiger partial charge is 0.496 e. The van der Waals surface area contributed by atoms with Crippen LogP contribution in [0.15, 0.2) is 18.2 Å². The molecule has 2 rings (SSSR count). The minimum absolute atomic E-state index is 0.324. The van der Waals surface area contributed by atoms with Crippen molar-refractivity contribution in [3.8, 4) is 5.75 Å². The summed E-state index contributed by atoms with van der Waals surface area (Å²) < 4.78 is 5.35. The molecule has 0 aliphatic heterocycles. The third-order valence-corrected chi connectivity index (χ3v) is 4.59. The van der Waals surface area contributed by atoms with E-state index in [0.29, 0.717) is 12.6 Å². The quantitative estimate of drug-likeness (QED) is 0.831. The molecule has 1 aromatic rings. The van der Waals surface area contributed by atoms with Gasteiger partial charge < -0.3 is 10.5 Å². The molecular formula is C17H28N2O. The zero-order valence-electron chi connectivity index (χ0n) is 13.1. The van der Waals surface area contributed by atoms with Gasteiger partial charge in [0, 0.05) is 19.1 Å². The minimum Gasteiger partial charge on any atom is -0.496 e. The molecule has 3 heteroatoms. The highest BCUT2D eigenvalue weighted by Crippen LogP contribution is 2.31. The summed E-state index contributed by atoms with van der Waals surface area (Å²) in [4.78, 5) is 2.53. The molecule has 1 fully saturated rings. The Kier molecular flexibility index (Phi) is 5.44. The van der Waals surface area contributed by atoms with Crippen molar-refractivity contribution in [1.82, 2.24) is 4.90 Å². The number of hydrogen-bond acceptors (Lipinski definition) is 3. The van der Waals surface area contributed by atoms with E-state index in [1.165, 1.54) is 36.9 Å². The van der Waals surface area contributed by atoms with Crippen LogP contribution in [0.2, 0.25) is 0 Å². The number of nitrogens with two attached hydrogens (primary N) is 1. The van der Waals surface area contributed by atoms with Gasteiger partial charge in [-0.3, -0.25) is 4.90 Å². The summed E-state index contributed by atoms with van der Waals surface area (Å²) in [5, 5.41) is 0. The molecule has 0 radical (unpaired) electrons. The fourth-order valence-corrected chi connectivity index (χ4v) is 3.09. The first-order valence-corrected chi connectivity index (χ1v) is 7.78. The van der Waals surface area contributed by atoms with E-state index in [-0.39, 0.29) is 0 Å². The number of ether oxygens (including phenoxy) is 1. The Bertz CT molecular complexity index is 429. The highest BCUT2D eigenvalue weighted by Gasteiger charge is 2.25. The van der Waals surface area contributed by atoms with E-state index in [9.17, 15) is 0 Å². The lowest BCUT2D eigenvalue weighted by atomic mass is 9.84. The Morgan fingerprint density at radius 1 is 1.40 bits per heavy atom. The number of methoxy groups -OCH3 is 1. The Labute approximate surface area is 123 Å². The lowest BCUT2D eigenvalue weighted by Crippen LogP contribution is -2.38. The summed E-state index contributed by atoms with van der Waals surface area (Å²) in [6, 6.07) is 6.77. The number of likely N-dealkylation sites (N-methyl/N-ethyl adjacent to an activating group) is 1. The summed E-state index contributed by atoms with van der Waals surface area (Å²) in [7, 11) is 1.72. The van der Waals surface area contributed by atoms with Gasteiger partial charge in [0.05, 0.1) is 7.11 Å². The van der Waals surface area contributed by atoms with Gasteiger partial charge >= 0.3 is 0 Å². The molecule has 0 aromatic heterocycles. The molecule has 0 spiro atoms. The molecule has 1 saturated carbocycles. The molecule has 1 unspecified atom stereocenters. The van der Waals surface area contributed by atoms with Crippen LogP contribution in [0.1, 0.15) is 43.4 Å². The summed E-state index contributed by atoms with van der Waals surface area (Å²) >= 11 is 0. The highest BCUT2D eigenvalue weighted by atomic mass is 16.5. The summed E-state index contributed by atoms with van der Waals surface area (Å²) in [6.07, 6.45) is 4.17.